The Morgan fingerprint density at radius 3 is 2.69 bits per heavy atom. The van der Waals surface area contributed by atoms with Gasteiger partial charge in [-0.1, -0.05) is 15.9 Å². The monoisotopic (exact) mass is 498 g/mol. The molecule has 164 valence electrons. The van der Waals surface area contributed by atoms with E-state index in [2.05, 4.69) is 36.8 Å². The quantitative estimate of drug-likeness (QED) is 0.385. The highest BCUT2D eigenvalue weighted by molar-refractivity contribution is 9.10. The van der Waals surface area contributed by atoms with E-state index in [1.165, 1.54) is 15.6 Å². The lowest BCUT2D eigenvalue weighted by atomic mass is 10.3. The molecule has 4 rings (SSSR count). The zero-order valence-electron chi connectivity index (χ0n) is 17.0. The van der Waals surface area contributed by atoms with E-state index < -0.39 is 11.8 Å². The van der Waals surface area contributed by atoms with Gasteiger partial charge in [-0.15, -0.1) is 0 Å². The molecule has 2 N–H and O–H groups in total. The topological polar surface area (TPSA) is 116 Å². The van der Waals surface area contributed by atoms with Crippen molar-refractivity contribution in [1.82, 2.24) is 24.9 Å². The fourth-order valence-corrected chi connectivity index (χ4v) is 3.09. The van der Waals surface area contributed by atoms with E-state index in [9.17, 15) is 9.59 Å². The van der Waals surface area contributed by atoms with Gasteiger partial charge in [0.1, 0.15) is 11.5 Å². The molecule has 0 fully saturated rings. The summed E-state index contributed by atoms with van der Waals surface area (Å²) in [5.41, 5.74) is 0.538. The van der Waals surface area contributed by atoms with Crippen LogP contribution in [-0.2, 0) is 20.3 Å². The van der Waals surface area contributed by atoms with E-state index in [0.29, 0.717) is 11.5 Å². The summed E-state index contributed by atoms with van der Waals surface area (Å²) in [7, 11) is 1.66. The fourth-order valence-electron chi connectivity index (χ4n) is 2.82. The number of anilines is 1. The van der Waals surface area contributed by atoms with E-state index in [1.54, 1.807) is 37.6 Å². The maximum Gasteiger partial charge on any atom is 0.276 e. The van der Waals surface area contributed by atoms with Crippen molar-refractivity contribution in [2.75, 3.05) is 5.32 Å². The Bertz CT molecular complexity index is 1210. The van der Waals surface area contributed by atoms with Crippen LogP contribution in [0.1, 0.15) is 26.7 Å². The number of carbonyl (C=O) groups excluding carboxylic acids is 2. The number of aryl methyl sites for hydroxylation is 1. The first-order chi connectivity index (χ1) is 15.5. The van der Waals surface area contributed by atoms with Crippen LogP contribution >= 0.6 is 15.9 Å². The standard InChI is InChI=1S/C21H19BrN6O4/c1-27-12-18(19(26-27)21(30)23-11-16-3-2-10-31-16)24-20(29)17-8-9-28(25-17)13-32-15-6-4-14(22)5-7-15/h2-10,12H,11,13H2,1H3,(H,23,30)(H,24,29). The highest BCUT2D eigenvalue weighted by Crippen LogP contribution is 2.17. The Morgan fingerprint density at radius 2 is 1.94 bits per heavy atom. The van der Waals surface area contributed by atoms with Crippen molar-refractivity contribution < 1.29 is 18.7 Å². The molecule has 11 heteroatoms. The Kier molecular flexibility index (Phi) is 6.36. The van der Waals surface area contributed by atoms with E-state index in [1.807, 2.05) is 24.3 Å². The maximum absolute atomic E-state index is 12.7. The summed E-state index contributed by atoms with van der Waals surface area (Å²) in [6, 6.07) is 12.4. The van der Waals surface area contributed by atoms with Crippen molar-refractivity contribution in [3.8, 4) is 5.75 Å². The highest BCUT2D eigenvalue weighted by atomic mass is 79.9. The van der Waals surface area contributed by atoms with Crippen molar-refractivity contribution >= 4 is 33.4 Å². The van der Waals surface area contributed by atoms with Gasteiger partial charge in [-0.2, -0.15) is 10.2 Å². The van der Waals surface area contributed by atoms with Crippen molar-refractivity contribution in [2.24, 2.45) is 7.05 Å². The summed E-state index contributed by atoms with van der Waals surface area (Å²) in [5, 5.41) is 13.8. The minimum absolute atomic E-state index is 0.0883. The number of benzene rings is 1. The average molecular weight is 499 g/mol. The van der Waals surface area contributed by atoms with Gasteiger partial charge in [0.2, 0.25) is 0 Å². The van der Waals surface area contributed by atoms with Gasteiger partial charge in [-0.25, -0.2) is 4.68 Å². The highest BCUT2D eigenvalue weighted by Gasteiger charge is 2.20. The maximum atomic E-state index is 12.7. The number of aromatic nitrogens is 4. The number of furan rings is 1. The Labute approximate surface area is 191 Å². The van der Waals surface area contributed by atoms with Crippen LogP contribution in [-0.4, -0.2) is 31.4 Å². The SMILES string of the molecule is Cn1cc(NC(=O)c2ccn(COc3ccc(Br)cc3)n2)c(C(=O)NCc2ccco2)n1. The number of nitrogens with zero attached hydrogens (tertiary/aromatic N) is 4. The molecule has 0 radical (unpaired) electrons. The van der Waals surface area contributed by atoms with Gasteiger partial charge in [-0.3, -0.25) is 14.3 Å². The predicted molar refractivity (Wildman–Crippen MR) is 118 cm³/mol. The largest absolute Gasteiger partial charge is 0.471 e. The molecule has 0 aliphatic carbocycles. The number of carbonyl (C=O) groups is 2. The van der Waals surface area contributed by atoms with Crippen LogP contribution in [0.15, 0.2) is 70.0 Å². The zero-order valence-corrected chi connectivity index (χ0v) is 18.6. The van der Waals surface area contributed by atoms with Crippen LogP contribution in [0.4, 0.5) is 5.69 Å². The van der Waals surface area contributed by atoms with Gasteiger partial charge >= 0.3 is 0 Å². The van der Waals surface area contributed by atoms with Crippen LogP contribution in [0, 0.1) is 0 Å². The summed E-state index contributed by atoms with van der Waals surface area (Å²) in [6.07, 6.45) is 4.71. The molecule has 32 heavy (non-hydrogen) atoms. The summed E-state index contributed by atoms with van der Waals surface area (Å²) < 4.78 is 14.7. The number of rotatable bonds is 8. The molecule has 0 bridgehead atoms. The number of nitrogens with one attached hydrogen (secondary N) is 2. The third-order valence-electron chi connectivity index (χ3n) is 4.35. The van der Waals surface area contributed by atoms with Crippen molar-refractivity contribution in [1.29, 1.82) is 0 Å². The van der Waals surface area contributed by atoms with E-state index in [-0.39, 0.29) is 30.4 Å². The Balaban J connectivity index is 1.37. The molecule has 0 aliphatic heterocycles. The van der Waals surface area contributed by atoms with Crippen LogP contribution in [0.5, 0.6) is 5.75 Å². The first kappa shape index (κ1) is 21.4. The third-order valence-corrected chi connectivity index (χ3v) is 4.87. The minimum Gasteiger partial charge on any atom is -0.471 e. The number of amides is 2. The van der Waals surface area contributed by atoms with E-state index in [0.717, 1.165) is 4.47 Å². The Morgan fingerprint density at radius 1 is 1.12 bits per heavy atom. The summed E-state index contributed by atoms with van der Waals surface area (Å²) in [6.45, 7) is 0.348. The number of hydrogen-bond acceptors (Lipinski definition) is 6. The second-order valence-electron chi connectivity index (χ2n) is 6.75. The molecule has 0 atom stereocenters. The fraction of sp³-hybridized carbons (Fsp3) is 0.143. The molecule has 0 unspecified atom stereocenters. The molecule has 0 saturated carbocycles. The van der Waals surface area contributed by atoms with Gasteiger partial charge in [0.25, 0.3) is 11.8 Å². The summed E-state index contributed by atoms with van der Waals surface area (Å²) >= 11 is 3.37. The lowest BCUT2D eigenvalue weighted by Gasteiger charge is -2.06. The molecule has 1 aromatic carbocycles. The second kappa shape index (κ2) is 9.52. The number of halogens is 1. The molecule has 3 aromatic heterocycles. The summed E-state index contributed by atoms with van der Waals surface area (Å²) in [5.74, 6) is 0.372. The third kappa shape index (κ3) is 5.24. The predicted octanol–water partition coefficient (Wildman–Crippen LogP) is 3.19. The lowest BCUT2D eigenvalue weighted by molar-refractivity contribution is 0.0943. The van der Waals surface area contributed by atoms with Crippen molar-refractivity contribution in [2.45, 2.75) is 13.3 Å². The first-order valence-corrected chi connectivity index (χ1v) is 10.3. The van der Waals surface area contributed by atoms with Gasteiger partial charge in [0.05, 0.1) is 18.5 Å². The Hall–Kier alpha value is -3.86. The van der Waals surface area contributed by atoms with E-state index in [4.69, 9.17) is 9.15 Å². The van der Waals surface area contributed by atoms with Crippen molar-refractivity contribution in [3.05, 3.63) is 82.7 Å². The summed E-state index contributed by atoms with van der Waals surface area (Å²) in [4.78, 5) is 25.2. The normalized spacial score (nSPS) is 10.7. The molecular formula is C21H19BrN6O4. The zero-order chi connectivity index (χ0) is 22.5. The number of ether oxygens (including phenoxy) is 1. The second-order valence-corrected chi connectivity index (χ2v) is 7.66. The lowest BCUT2D eigenvalue weighted by Crippen LogP contribution is -2.25. The van der Waals surface area contributed by atoms with E-state index >= 15 is 0 Å². The molecular weight excluding hydrogens is 480 g/mol. The van der Waals surface area contributed by atoms with Crippen LogP contribution in [0.3, 0.4) is 0 Å². The molecule has 0 aliphatic rings. The average Bonchev–Trinajstić information content (AvgIpc) is 3.53. The molecule has 10 nitrogen and oxygen atoms in total. The van der Waals surface area contributed by atoms with Gasteiger partial charge in [0.15, 0.2) is 18.1 Å². The van der Waals surface area contributed by atoms with Gasteiger partial charge in [-0.05, 0) is 42.5 Å². The van der Waals surface area contributed by atoms with Gasteiger partial charge in [0, 0.05) is 23.9 Å². The van der Waals surface area contributed by atoms with Crippen LogP contribution in [0.2, 0.25) is 0 Å². The van der Waals surface area contributed by atoms with Crippen LogP contribution < -0.4 is 15.4 Å². The smallest absolute Gasteiger partial charge is 0.276 e. The van der Waals surface area contributed by atoms with Crippen molar-refractivity contribution in [3.63, 3.8) is 0 Å². The van der Waals surface area contributed by atoms with Crippen LogP contribution in [0.25, 0.3) is 0 Å². The molecule has 2 amide bonds. The molecule has 0 saturated heterocycles. The molecule has 3 heterocycles. The molecule has 0 spiro atoms. The minimum atomic E-state index is -0.472. The molecule has 4 aromatic rings. The van der Waals surface area contributed by atoms with Gasteiger partial charge < -0.3 is 19.8 Å². The first-order valence-electron chi connectivity index (χ1n) is 9.55. The number of hydrogen-bond donors (Lipinski definition) is 2.